The molecule has 0 saturated carbocycles. The third kappa shape index (κ3) is 6.85. The van der Waals surface area contributed by atoms with Crippen LogP contribution in [0.25, 0.3) is 11.6 Å². The zero-order valence-corrected chi connectivity index (χ0v) is 24.9. The average Bonchev–Trinajstić information content (AvgIpc) is 3.66. The van der Waals surface area contributed by atoms with Crippen LogP contribution in [-0.4, -0.2) is 49.8 Å². The normalized spacial score (nSPS) is 13.5. The van der Waals surface area contributed by atoms with Crippen molar-refractivity contribution in [1.82, 2.24) is 20.6 Å². The molecule has 0 radical (unpaired) electrons. The SMILES string of the molecule is CC(C)[C@H](O)C(=O)NCC(=O)N[C@H](c1nc(-c2nc(CO)co2)c(C(O)(c2ccccc2)c2ccccc2)o1)C(C)(C)C. The van der Waals surface area contributed by atoms with E-state index in [2.05, 4.69) is 15.6 Å². The fourth-order valence-corrected chi connectivity index (χ4v) is 4.56. The number of benzene rings is 2. The Morgan fingerprint density at radius 3 is 2.02 bits per heavy atom. The third-order valence-electron chi connectivity index (χ3n) is 7.01. The van der Waals surface area contributed by atoms with Gasteiger partial charge in [-0.3, -0.25) is 9.59 Å². The maximum Gasteiger partial charge on any atom is 0.249 e. The van der Waals surface area contributed by atoms with Gasteiger partial charge in [-0.05, 0) is 22.5 Å². The van der Waals surface area contributed by atoms with E-state index in [0.29, 0.717) is 11.1 Å². The second kappa shape index (κ2) is 12.9. The molecule has 4 rings (SSSR count). The zero-order valence-electron chi connectivity index (χ0n) is 24.9. The Morgan fingerprint density at radius 1 is 0.953 bits per heavy atom. The molecule has 0 unspecified atom stereocenters. The smallest absolute Gasteiger partial charge is 0.249 e. The minimum Gasteiger partial charge on any atom is -0.443 e. The molecule has 4 aromatic rings. The highest BCUT2D eigenvalue weighted by Gasteiger charge is 2.44. The van der Waals surface area contributed by atoms with Crippen LogP contribution in [-0.2, 0) is 21.8 Å². The molecule has 2 aromatic heterocycles. The monoisotopic (exact) mass is 590 g/mol. The number of aliphatic hydroxyl groups is 3. The minimum atomic E-state index is -1.86. The highest BCUT2D eigenvalue weighted by Crippen LogP contribution is 2.44. The van der Waals surface area contributed by atoms with E-state index in [9.17, 15) is 24.9 Å². The molecule has 0 aliphatic rings. The summed E-state index contributed by atoms with van der Waals surface area (Å²) < 4.78 is 12.1. The van der Waals surface area contributed by atoms with E-state index < -0.39 is 35.0 Å². The molecule has 11 heteroatoms. The summed E-state index contributed by atoms with van der Waals surface area (Å²) in [4.78, 5) is 34.3. The van der Waals surface area contributed by atoms with Crippen molar-refractivity contribution in [2.75, 3.05) is 6.54 Å². The van der Waals surface area contributed by atoms with E-state index in [1.54, 1.807) is 62.4 Å². The van der Waals surface area contributed by atoms with Crippen molar-refractivity contribution in [2.45, 2.75) is 59.0 Å². The first-order valence-electron chi connectivity index (χ1n) is 14.0. The van der Waals surface area contributed by atoms with Crippen molar-refractivity contribution in [1.29, 1.82) is 0 Å². The molecule has 0 spiro atoms. The molecular weight excluding hydrogens is 552 g/mol. The summed E-state index contributed by atoms with van der Waals surface area (Å²) in [5, 5.41) is 37.5. The Labute approximate surface area is 250 Å². The predicted molar refractivity (Wildman–Crippen MR) is 157 cm³/mol. The zero-order chi connectivity index (χ0) is 31.4. The standard InChI is InChI=1S/C32H38N4O7/c1-19(2)25(39)28(40)33-16-23(38)35-26(31(3,4)5)30-36-24(29-34-22(17-37)18-42-29)27(43-30)32(41,20-12-8-6-9-13-20)21-14-10-7-11-15-21/h6-15,18-19,25-26,37,39,41H,16-17H2,1-5H3,(H,33,40)(H,35,38)/t25-,26+/m0/s1. The van der Waals surface area contributed by atoms with Gasteiger partial charge in [0.2, 0.25) is 23.6 Å². The highest BCUT2D eigenvalue weighted by atomic mass is 16.4. The second-order valence-corrected chi connectivity index (χ2v) is 11.7. The van der Waals surface area contributed by atoms with Crippen LogP contribution in [0, 0.1) is 11.3 Å². The van der Waals surface area contributed by atoms with Crippen LogP contribution < -0.4 is 10.6 Å². The van der Waals surface area contributed by atoms with Crippen LogP contribution in [0.2, 0.25) is 0 Å². The Hall–Kier alpha value is -4.32. The Morgan fingerprint density at radius 2 is 1.53 bits per heavy atom. The predicted octanol–water partition coefficient (Wildman–Crippen LogP) is 3.44. The van der Waals surface area contributed by atoms with E-state index in [1.165, 1.54) is 6.26 Å². The lowest BCUT2D eigenvalue weighted by atomic mass is 9.83. The lowest BCUT2D eigenvalue weighted by Gasteiger charge is -2.30. The van der Waals surface area contributed by atoms with Gasteiger partial charge in [0, 0.05) is 0 Å². The quantitative estimate of drug-likeness (QED) is 0.175. The molecule has 2 amide bonds. The van der Waals surface area contributed by atoms with Gasteiger partial charge in [0.15, 0.2) is 17.1 Å². The Bertz CT molecular complexity index is 1480. The number of oxazole rings is 2. The van der Waals surface area contributed by atoms with Crippen molar-refractivity contribution in [3.8, 4) is 11.6 Å². The van der Waals surface area contributed by atoms with Gasteiger partial charge in [0.1, 0.15) is 24.1 Å². The number of carbonyl (C=O) groups excluding carboxylic acids is 2. The van der Waals surface area contributed by atoms with E-state index in [4.69, 9.17) is 13.8 Å². The van der Waals surface area contributed by atoms with Gasteiger partial charge in [-0.1, -0.05) is 95.3 Å². The molecule has 2 heterocycles. The molecule has 228 valence electrons. The lowest BCUT2D eigenvalue weighted by molar-refractivity contribution is -0.133. The molecule has 0 bridgehead atoms. The number of carbonyl (C=O) groups is 2. The summed E-state index contributed by atoms with van der Waals surface area (Å²) in [7, 11) is 0. The largest absolute Gasteiger partial charge is 0.443 e. The maximum absolute atomic E-state index is 13.0. The van der Waals surface area contributed by atoms with Crippen LogP contribution in [0.3, 0.4) is 0 Å². The molecule has 2 atom stereocenters. The maximum atomic E-state index is 13.0. The Kier molecular flexibility index (Phi) is 9.49. The molecule has 43 heavy (non-hydrogen) atoms. The number of aromatic nitrogens is 2. The number of hydrogen-bond acceptors (Lipinski definition) is 9. The number of rotatable bonds is 11. The molecule has 11 nitrogen and oxygen atoms in total. The van der Waals surface area contributed by atoms with Crippen LogP contribution in [0.4, 0.5) is 0 Å². The van der Waals surface area contributed by atoms with Crippen LogP contribution >= 0.6 is 0 Å². The van der Waals surface area contributed by atoms with E-state index in [1.807, 2.05) is 32.9 Å². The Balaban J connectivity index is 1.82. The first-order valence-corrected chi connectivity index (χ1v) is 14.0. The van der Waals surface area contributed by atoms with Gasteiger partial charge in [-0.25, -0.2) is 9.97 Å². The van der Waals surface area contributed by atoms with Gasteiger partial charge >= 0.3 is 0 Å². The average molecular weight is 591 g/mol. The summed E-state index contributed by atoms with van der Waals surface area (Å²) >= 11 is 0. The molecule has 2 aromatic carbocycles. The summed E-state index contributed by atoms with van der Waals surface area (Å²) in [5.74, 6) is -1.43. The topological polar surface area (TPSA) is 171 Å². The number of nitrogens with one attached hydrogen (secondary N) is 2. The summed E-state index contributed by atoms with van der Waals surface area (Å²) in [6.07, 6.45) is 0.0378. The summed E-state index contributed by atoms with van der Waals surface area (Å²) in [6.45, 7) is 8.26. The summed E-state index contributed by atoms with van der Waals surface area (Å²) in [6, 6.07) is 17.0. The molecule has 0 saturated heterocycles. The van der Waals surface area contributed by atoms with Gasteiger partial charge in [0.05, 0.1) is 13.2 Å². The van der Waals surface area contributed by atoms with Crippen LogP contribution in [0.15, 0.2) is 75.8 Å². The van der Waals surface area contributed by atoms with E-state index in [0.717, 1.165) is 0 Å². The van der Waals surface area contributed by atoms with Crippen LogP contribution in [0.1, 0.15) is 69.1 Å². The third-order valence-corrected chi connectivity index (χ3v) is 7.01. The second-order valence-electron chi connectivity index (χ2n) is 11.7. The fourth-order valence-electron chi connectivity index (χ4n) is 4.56. The lowest BCUT2D eigenvalue weighted by Crippen LogP contribution is -2.45. The minimum absolute atomic E-state index is 0.00287. The highest BCUT2D eigenvalue weighted by molar-refractivity contribution is 5.87. The molecule has 0 fully saturated rings. The molecular formula is C32H38N4O7. The van der Waals surface area contributed by atoms with Gasteiger partial charge in [-0.2, -0.15) is 0 Å². The van der Waals surface area contributed by atoms with Crippen molar-refractivity contribution in [2.24, 2.45) is 11.3 Å². The molecule has 5 N–H and O–H groups in total. The number of hydrogen-bond donors (Lipinski definition) is 5. The van der Waals surface area contributed by atoms with Gasteiger partial charge in [0.25, 0.3) is 0 Å². The molecule has 0 aliphatic carbocycles. The van der Waals surface area contributed by atoms with E-state index in [-0.39, 0.29) is 48.0 Å². The first-order chi connectivity index (χ1) is 20.4. The van der Waals surface area contributed by atoms with E-state index >= 15 is 0 Å². The first kappa shape index (κ1) is 31.6. The van der Waals surface area contributed by atoms with Crippen molar-refractivity contribution >= 4 is 11.8 Å². The summed E-state index contributed by atoms with van der Waals surface area (Å²) in [5.41, 5.74) is -1.19. The molecule has 0 aliphatic heterocycles. The van der Waals surface area contributed by atoms with Gasteiger partial charge in [-0.15, -0.1) is 0 Å². The fraction of sp³-hybridized carbons (Fsp3) is 0.375. The van der Waals surface area contributed by atoms with Crippen molar-refractivity contribution < 1.29 is 33.7 Å². The van der Waals surface area contributed by atoms with Crippen LogP contribution in [0.5, 0.6) is 0 Å². The van der Waals surface area contributed by atoms with Gasteiger partial charge < -0.3 is 34.8 Å². The van der Waals surface area contributed by atoms with Crippen molar-refractivity contribution in [3.63, 3.8) is 0 Å². The number of nitrogens with zero attached hydrogens (tertiary/aromatic N) is 2. The number of aliphatic hydroxyl groups excluding tert-OH is 2. The number of amides is 2. The van der Waals surface area contributed by atoms with Crippen molar-refractivity contribution in [3.05, 3.63) is 95.4 Å².